The van der Waals surface area contributed by atoms with Gasteiger partial charge in [-0.25, -0.2) is 0 Å². The summed E-state index contributed by atoms with van der Waals surface area (Å²) in [5, 5.41) is 3.20. The summed E-state index contributed by atoms with van der Waals surface area (Å²) in [4.78, 5) is 15.3. The molecule has 2 aliphatic rings. The van der Waals surface area contributed by atoms with Gasteiger partial charge >= 0.3 is 0 Å². The second kappa shape index (κ2) is 7.30. The first kappa shape index (κ1) is 16.9. The van der Waals surface area contributed by atoms with Crippen molar-refractivity contribution in [2.45, 2.75) is 37.8 Å². The molecule has 2 saturated heterocycles. The Morgan fingerprint density at radius 3 is 2.42 bits per heavy atom. The van der Waals surface area contributed by atoms with Crippen molar-refractivity contribution in [2.24, 2.45) is 0 Å². The Hall–Kier alpha value is -1.95. The minimum Gasteiger partial charge on any atom is -0.496 e. The van der Waals surface area contributed by atoms with E-state index in [0.717, 1.165) is 25.9 Å². The zero-order valence-corrected chi connectivity index (χ0v) is 14.6. The molecule has 2 unspecified atom stereocenters. The maximum Gasteiger partial charge on any atom is 0.255 e. The van der Waals surface area contributed by atoms with Crippen LogP contribution < -0.4 is 19.5 Å². The van der Waals surface area contributed by atoms with Crippen molar-refractivity contribution in [3.63, 3.8) is 0 Å². The van der Waals surface area contributed by atoms with Crippen LogP contribution in [-0.2, 0) is 0 Å². The molecule has 6 heteroatoms. The lowest BCUT2D eigenvalue weighted by molar-refractivity contribution is 0.0912. The molecule has 0 saturated carbocycles. The molecular weight excluding hydrogens is 308 g/mol. The van der Waals surface area contributed by atoms with Gasteiger partial charge in [-0.05, 0) is 25.8 Å². The Morgan fingerprint density at radius 1 is 1.00 bits per heavy atom. The van der Waals surface area contributed by atoms with Gasteiger partial charge in [-0.2, -0.15) is 0 Å². The molecule has 0 aromatic heterocycles. The Kier molecular flexibility index (Phi) is 5.14. The van der Waals surface area contributed by atoms with E-state index in [4.69, 9.17) is 14.2 Å². The van der Waals surface area contributed by atoms with Gasteiger partial charge in [-0.1, -0.05) is 6.42 Å². The zero-order valence-electron chi connectivity index (χ0n) is 14.6. The summed E-state index contributed by atoms with van der Waals surface area (Å²) >= 11 is 0. The van der Waals surface area contributed by atoms with E-state index in [9.17, 15) is 4.79 Å². The van der Waals surface area contributed by atoms with Gasteiger partial charge in [-0.3, -0.25) is 9.69 Å². The molecule has 1 N–H and O–H groups in total. The summed E-state index contributed by atoms with van der Waals surface area (Å²) in [5.41, 5.74) is 0.476. The third-order valence-electron chi connectivity index (χ3n) is 5.12. The predicted molar refractivity (Wildman–Crippen MR) is 91.2 cm³/mol. The van der Waals surface area contributed by atoms with E-state index in [0.29, 0.717) is 28.9 Å². The largest absolute Gasteiger partial charge is 0.496 e. The maximum atomic E-state index is 12.8. The molecule has 0 aliphatic carbocycles. The number of fused-ring (bicyclic) bond motifs is 1. The fourth-order valence-electron chi connectivity index (χ4n) is 3.87. The molecule has 1 aromatic carbocycles. The molecular formula is C18H26N2O4. The van der Waals surface area contributed by atoms with Crippen molar-refractivity contribution in [3.05, 3.63) is 17.7 Å². The van der Waals surface area contributed by atoms with E-state index in [1.807, 2.05) is 0 Å². The van der Waals surface area contributed by atoms with Gasteiger partial charge in [0.1, 0.15) is 5.75 Å². The van der Waals surface area contributed by atoms with Crippen molar-refractivity contribution < 1.29 is 19.0 Å². The predicted octanol–water partition coefficient (Wildman–Crippen LogP) is 2.07. The van der Waals surface area contributed by atoms with Crippen LogP contribution in [0.1, 0.15) is 36.0 Å². The smallest absolute Gasteiger partial charge is 0.255 e. The van der Waals surface area contributed by atoms with Gasteiger partial charge in [0.25, 0.3) is 5.91 Å². The number of carbonyl (C=O) groups is 1. The van der Waals surface area contributed by atoms with Crippen LogP contribution in [0, 0.1) is 0 Å². The summed E-state index contributed by atoms with van der Waals surface area (Å²) in [7, 11) is 4.67. The minimum atomic E-state index is -0.120. The topological polar surface area (TPSA) is 60.0 Å². The van der Waals surface area contributed by atoms with Crippen molar-refractivity contribution >= 4 is 5.91 Å². The van der Waals surface area contributed by atoms with Gasteiger partial charge in [0.15, 0.2) is 11.5 Å². The van der Waals surface area contributed by atoms with Crippen molar-refractivity contribution in [1.29, 1.82) is 0 Å². The van der Waals surface area contributed by atoms with Crippen LogP contribution in [0.25, 0.3) is 0 Å². The Bertz CT molecular complexity index is 605. The van der Waals surface area contributed by atoms with E-state index < -0.39 is 0 Å². The number of nitrogens with one attached hydrogen (secondary N) is 1. The summed E-state index contributed by atoms with van der Waals surface area (Å²) < 4.78 is 16.0. The normalized spacial score (nSPS) is 23.5. The third-order valence-corrected chi connectivity index (χ3v) is 5.12. The number of amides is 1. The number of hydrogen-bond donors (Lipinski definition) is 1. The summed E-state index contributed by atoms with van der Waals surface area (Å²) in [6, 6.07) is 4.04. The highest BCUT2D eigenvalue weighted by Gasteiger charge is 2.36. The average molecular weight is 334 g/mol. The maximum absolute atomic E-state index is 12.8. The zero-order chi connectivity index (χ0) is 17.1. The lowest BCUT2D eigenvalue weighted by Crippen LogP contribution is -2.46. The molecule has 132 valence electrons. The van der Waals surface area contributed by atoms with Gasteiger partial charge in [-0.15, -0.1) is 0 Å². The van der Waals surface area contributed by atoms with Crippen molar-refractivity contribution in [2.75, 3.05) is 34.4 Å². The number of hydrogen-bond acceptors (Lipinski definition) is 5. The molecule has 24 heavy (non-hydrogen) atoms. The molecule has 3 rings (SSSR count). The number of nitrogens with zero attached hydrogens (tertiary/aromatic N) is 1. The molecule has 1 aromatic rings. The number of benzene rings is 1. The minimum absolute atomic E-state index is 0.120. The highest BCUT2D eigenvalue weighted by molar-refractivity contribution is 5.98. The molecule has 1 amide bonds. The number of methoxy groups -OCH3 is 3. The fourth-order valence-corrected chi connectivity index (χ4v) is 3.87. The number of ether oxygens (including phenoxy) is 3. The van der Waals surface area contributed by atoms with Crippen molar-refractivity contribution in [1.82, 2.24) is 10.2 Å². The highest BCUT2D eigenvalue weighted by atomic mass is 16.5. The van der Waals surface area contributed by atoms with E-state index >= 15 is 0 Å². The van der Waals surface area contributed by atoms with Crippen LogP contribution in [0.3, 0.4) is 0 Å². The molecule has 2 aliphatic heterocycles. The monoisotopic (exact) mass is 334 g/mol. The fraction of sp³-hybridized carbons (Fsp3) is 0.611. The second-order valence-corrected chi connectivity index (χ2v) is 6.38. The first-order valence-corrected chi connectivity index (χ1v) is 8.53. The van der Waals surface area contributed by atoms with Crippen LogP contribution in [0.5, 0.6) is 17.2 Å². The second-order valence-electron chi connectivity index (χ2n) is 6.38. The Morgan fingerprint density at radius 2 is 1.71 bits per heavy atom. The highest BCUT2D eigenvalue weighted by Crippen LogP contribution is 2.35. The lowest BCUT2D eigenvalue weighted by atomic mass is 9.98. The number of rotatable bonds is 5. The summed E-state index contributed by atoms with van der Waals surface area (Å²) in [5.74, 6) is 1.44. The Labute approximate surface area is 143 Å². The molecule has 6 nitrogen and oxygen atoms in total. The van der Waals surface area contributed by atoms with Crippen LogP contribution in [-0.4, -0.2) is 57.3 Å². The van der Waals surface area contributed by atoms with Crippen LogP contribution in [0.2, 0.25) is 0 Å². The third kappa shape index (κ3) is 3.15. The molecule has 0 radical (unpaired) electrons. The standard InChI is InChI=1S/C18H26N2O4/c1-22-15-11-17(24-3)16(23-2)10-12(15)18(21)19-13-7-9-20-8-5-4-6-14(13)20/h10-11,13-14H,4-9H2,1-3H3,(H,19,21). The molecule has 2 atom stereocenters. The van der Waals surface area contributed by atoms with Gasteiger partial charge in [0.05, 0.1) is 26.9 Å². The molecule has 2 heterocycles. The van der Waals surface area contributed by atoms with Gasteiger partial charge < -0.3 is 19.5 Å². The molecule has 2 fully saturated rings. The quantitative estimate of drug-likeness (QED) is 0.893. The summed E-state index contributed by atoms with van der Waals surface area (Å²) in [6.07, 6.45) is 4.67. The van der Waals surface area contributed by atoms with Crippen LogP contribution in [0.15, 0.2) is 12.1 Å². The van der Waals surface area contributed by atoms with Gasteiger partial charge in [0.2, 0.25) is 0 Å². The van der Waals surface area contributed by atoms with Gasteiger partial charge in [0, 0.05) is 30.8 Å². The number of piperidine rings is 1. The van der Waals surface area contributed by atoms with Crippen molar-refractivity contribution in [3.8, 4) is 17.2 Å². The first-order valence-electron chi connectivity index (χ1n) is 8.53. The first-order chi connectivity index (χ1) is 11.7. The van der Waals surface area contributed by atoms with E-state index in [-0.39, 0.29) is 11.9 Å². The van der Waals surface area contributed by atoms with Crippen LogP contribution >= 0.6 is 0 Å². The van der Waals surface area contributed by atoms with E-state index in [1.165, 1.54) is 12.8 Å². The van der Waals surface area contributed by atoms with Crippen LogP contribution in [0.4, 0.5) is 0 Å². The lowest BCUT2D eigenvalue weighted by Gasteiger charge is -2.32. The SMILES string of the molecule is COc1cc(OC)c(C(=O)NC2CCN3CCCCC23)cc1OC. The average Bonchev–Trinajstić information content (AvgIpc) is 3.03. The van der Waals surface area contributed by atoms with E-state index in [1.54, 1.807) is 33.5 Å². The molecule has 0 bridgehead atoms. The Balaban J connectivity index is 1.79. The molecule has 0 spiro atoms. The number of carbonyl (C=O) groups excluding carboxylic acids is 1. The summed E-state index contributed by atoms with van der Waals surface area (Å²) in [6.45, 7) is 2.22. The van der Waals surface area contributed by atoms with E-state index in [2.05, 4.69) is 10.2 Å².